The summed E-state index contributed by atoms with van der Waals surface area (Å²) in [5.74, 6) is 1.40. The van der Waals surface area contributed by atoms with E-state index in [1.165, 1.54) is 0 Å². The highest BCUT2D eigenvalue weighted by Gasteiger charge is 2.15. The molecule has 27 heavy (non-hydrogen) atoms. The Kier molecular flexibility index (Phi) is 5.66. The zero-order valence-electron chi connectivity index (χ0n) is 15.8. The van der Waals surface area contributed by atoms with Crippen molar-refractivity contribution in [2.45, 2.75) is 19.4 Å². The molecule has 1 atom stereocenters. The van der Waals surface area contributed by atoms with Gasteiger partial charge in [0, 0.05) is 31.8 Å². The molecule has 1 N–H and O–H groups in total. The third-order valence-electron chi connectivity index (χ3n) is 4.64. The van der Waals surface area contributed by atoms with Crippen LogP contribution in [-0.2, 0) is 7.05 Å². The third-order valence-corrected chi connectivity index (χ3v) is 4.64. The summed E-state index contributed by atoms with van der Waals surface area (Å²) in [7, 11) is 3.60. The van der Waals surface area contributed by atoms with Gasteiger partial charge in [-0.25, -0.2) is 4.98 Å². The van der Waals surface area contributed by atoms with E-state index >= 15 is 0 Å². The van der Waals surface area contributed by atoms with Crippen LogP contribution in [-0.4, -0.2) is 44.3 Å². The Hall–Kier alpha value is -2.99. The quantitative estimate of drug-likeness (QED) is 0.730. The molecule has 6 nitrogen and oxygen atoms in total. The zero-order chi connectivity index (χ0) is 19.4. The maximum atomic E-state index is 12.6. The molecule has 1 amide bonds. The second kappa shape index (κ2) is 8.14. The molecular weight excluding hydrogens is 340 g/mol. The summed E-state index contributed by atoms with van der Waals surface area (Å²) in [4.78, 5) is 18.6. The summed E-state index contributed by atoms with van der Waals surface area (Å²) in [6.45, 7) is 2.37. The minimum absolute atomic E-state index is 0.0769. The number of nitrogens with zero attached hydrogens (tertiary/aromatic N) is 4. The van der Waals surface area contributed by atoms with Crippen molar-refractivity contribution in [3.8, 4) is 11.4 Å². The fourth-order valence-corrected chi connectivity index (χ4v) is 2.83. The average molecular weight is 364 g/mol. The molecule has 0 aliphatic rings. The maximum absolute atomic E-state index is 12.6. The van der Waals surface area contributed by atoms with Crippen LogP contribution in [0.15, 0.2) is 54.6 Å². The SMILES string of the molecule is Cc1nc(-c2ccc(C(=O)N(C)CC[C@@H](O)c3ccccc3)cc2)nn1C. The molecule has 1 aromatic heterocycles. The van der Waals surface area contributed by atoms with E-state index in [1.807, 2.05) is 56.4 Å². The van der Waals surface area contributed by atoms with Gasteiger partial charge in [-0.3, -0.25) is 9.48 Å². The van der Waals surface area contributed by atoms with E-state index in [1.54, 1.807) is 28.8 Å². The topological polar surface area (TPSA) is 71.2 Å². The normalized spacial score (nSPS) is 12.0. The Morgan fingerprint density at radius 2 is 1.81 bits per heavy atom. The summed E-state index contributed by atoms with van der Waals surface area (Å²) in [6.07, 6.45) is -0.0936. The first-order valence-corrected chi connectivity index (χ1v) is 8.92. The fraction of sp³-hybridized carbons (Fsp3) is 0.286. The summed E-state index contributed by atoms with van der Waals surface area (Å²) in [5.41, 5.74) is 2.33. The molecular formula is C21H24N4O2. The Labute approximate surface area is 159 Å². The van der Waals surface area contributed by atoms with Crippen LogP contribution in [0.2, 0.25) is 0 Å². The summed E-state index contributed by atoms with van der Waals surface area (Å²) in [5, 5.41) is 14.6. The van der Waals surface area contributed by atoms with E-state index < -0.39 is 6.10 Å². The molecule has 0 unspecified atom stereocenters. The number of hydrogen-bond donors (Lipinski definition) is 1. The van der Waals surface area contributed by atoms with Gasteiger partial charge in [0.1, 0.15) is 5.82 Å². The highest BCUT2D eigenvalue weighted by Crippen LogP contribution is 2.19. The van der Waals surface area contributed by atoms with Crippen molar-refractivity contribution in [3.63, 3.8) is 0 Å². The van der Waals surface area contributed by atoms with Gasteiger partial charge in [0.2, 0.25) is 0 Å². The van der Waals surface area contributed by atoms with Gasteiger partial charge in [0.05, 0.1) is 6.10 Å². The maximum Gasteiger partial charge on any atom is 0.253 e. The monoisotopic (exact) mass is 364 g/mol. The molecule has 0 spiro atoms. The number of aryl methyl sites for hydroxylation is 2. The number of aliphatic hydroxyl groups is 1. The largest absolute Gasteiger partial charge is 0.388 e. The van der Waals surface area contributed by atoms with Gasteiger partial charge in [0.25, 0.3) is 5.91 Å². The van der Waals surface area contributed by atoms with Crippen LogP contribution in [0.25, 0.3) is 11.4 Å². The molecule has 3 rings (SSSR count). The highest BCUT2D eigenvalue weighted by atomic mass is 16.3. The van der Waals surface area contributed by atoms with Gasteiger partial charge in [-0.1, -0.05) is 42.5 Å². The number of rotatable bonds is 6. The zero-order valence-corrected chi connectivity index (χ0v) is 15.8. The van der Waals surface area contributed by atoms with Crippen molar-refractivity contribution in [2.75, 3.05) is 13.6 Å². The van der Waals surface area contributed by atoms with Crippen molar-refractivity contribution in [1.82, 2.24) is 19.7 Å². The van der Waals surface area contributed by atoms with Crippen LogP contribution in [0.4, 0.5) is 0 Å². The Bertz CT molecular complexity index is 884. The predicted molar refractivity (Wildman–Crippen MR) is 104 cm³/mol. The second-order valence-electron chi connectivity index (χ2n) is 6.63. The smallest absolute Gasteiger partial charge is 0.253 e. The van der Waals surface area contributed by atoms with Gasteiger partial charge in [-0.05, 0) is 31.0 Å². The van der Waals surface area contributed by atoms with Crippen LogP contribution in [0, 0.1) is 6.92 Å². The molecule has 0 fully saturated rings. The van der Waals surface area contributed by atoms with Crippen LogP contribution < -0.4 is 0 Å². The minimum atomic E-state index is -0.581. The van der Waals surface area contributed by atoms with Crippen molar-refractivity contribution in [2.24, 2.45) is 7.05 Å². The van der Waals surface area contributed by atoms with E-state index in [4.69, 9.17) is 0 Å². The predicted octanol–water partition coefficient (Wildman–Crippen LogP) is 2.99. The number of amides is 1. The van der Waals surface area contributed by atoms with Crippen LogP contribution in [0.5, 0.6) is 0 Å². The van der Waals surface area contributed by atoms with E-state index in [9.17, 15) is 9.90 Å². The lowest BCUT2D eigenvalue weighted by molar-refractivity contribution is 0.0761. The van der Waals surface area contributed by atoms with Gasteiger partial charge in [-0.15, -0.1) is 0 Å². The molecule has 6 heteroatoms. The molecule has 0 bridgehead atoms. The molecule has 140 valence electrons. The number of hydrogen-bond acceptors (Lipinski definition) is 4. The number of aromatic nitrogens is 3. The minimum Gasteiger partial charge on any atom is -0.388 e. The Balaban J connectivity index is 1.61. The van der Waals surface area contributed by atoms with Crippen LogP contribution >= 0.6 is 0 Å². The first-order valence-electron chi connectivity index (χ1n) is 8.92. The number of aliphatic hydroxyl groups excluding tert-OH is 1. The van der Waals surface area contributed by atoms with E-state index in [2.05, 4.69) is 10.1 Å². The first kappa shape index (κ1) is 18.8. The van der Waals surface area contributed by atoms with Crippen molar-refractivity contribution >= 4 is 5.91 Å². The van der Waals surface area contributed by atoms with Crippen LogP contribution in [0.3, 0.4) is 0 Å². The molecule has 0 aliphatic carbocycles. The summed E-state index contributed by atoms with van der Waals surface area (Å²) < 4.78 is 1.72. The van der Waals surface area contributed by atoms with Crippen molar-refractivity contribution < 1.29 is 9.90 Å². The molecule has 0 aliphatic heterocycles. The number of carbonyl (C=O) groups is 1. The van der Waals surface area contributed by atoms with E-state index in [0.717, 1.165) is 17.0 Å². The van der Waals surface area contributed by atoms with Gasteiger partial charge in [0.15, 0.2) is 5.82 Å². The summed E-state index contributed by atoms with van der Waals surface area (Å²) in [6, 6.07) is 16.8. The third kappa shape index (κ3) is 4.41. The lowest BCUT2D eigenvalue weighted by Gasteiger charge is -2.19. The van der Waals surface area contributed by atoms with Gasteiger partial charge in [-0.2, -0.15) is 5.10 Å². The Morgan fingerprint density at radius 1 is 1.15 bits per heavy atom. The second-order valence-corrected chi connectivity index (χ2v) is 6.63. The van der Waals surface area contributed by atoms with Crippen molar-refractivity contribution in [3.05, 3.63) is 71.5 Å². The number of benzene rings is 2. The van der Waals surface area contributed by atoms with E-state index in [-0.39, 0.29) is 5.91 Å². The molecule has 0 saturated carbocycles. The number of carbonyl (C=O) groups excluding carboxylic acids is 1. The molecule has 1 heterocycles. The van der Waals surface area contributed by atoms with Gasteiger partial charge < -0.3 is 10.0 Å². The van der Waals surface area contributed by atoms with Crippen LogP contribution in [0.1, 0.15) is 34.3 Å². The average Bonchev–Trinajstić information content (AvgIpc) is 3.04. The Morgan fingerprint density at radius 3 is 2.41 bits per heavy atom. The molecule has 2 aromatic carbocycles. The lowest BCUT2D eigenvalue weighted by Crippen LogP contribution is -2.28. The lowest BCUT2D eigenvalue weighted by atomic mass is 10.1. The highest BCUT2D eigenvalue weighted by molar-refractivity contribution is 5.94. The summed E-state index contributed by atoms with van der Waals surface area (Å²) >= 11 is 0. The first-order chi connectivity index (χ1) is 13.0. The molecule has 0 radical (unpaired) electrons. The van der Waals surface area contributed by atoms with E-state index in [0.29, 0.717) is 24.4 Å². The molecule has 0 saturated heterocycles. The van der Waals surface area contributed by atoms with Crippen molar-refractivity contribution in [1.29, 1.82) is 0 Å². The molecule has 3 aromatic rings. The fourth-order valence-electron chi connectivity index (χ4n) is 2.83. The van der Waals surface area contributed by atoms with Gasteiger partial charge >= 0.3 is 0 Å². The standard InChI is InChI=1S/C21H24N4O2/c1-15-22-20(23-25(15)3)17-9-11-18(12-10-17)21(27)24(2)14-13-19(26)16-7-5-4-6-8-16/h4-12,19,26H,13-14H2,1-3H3/t19-/m1/s1.